The molecule has 77 valence electrons. The topological polar surface area (TPSA) is 38.8 Å². The predicted octanol–water partition coefficient (Wildman–Crippen LogP) is 1.12. The summed E-state index contributed by atoms with van der Waals surface area (Å²) in [7, 11) is 0. The van der Waals surface area contributed by atoms with Crippen molar-refractivity contribution in [3.05, 3.63) is 0 Å². The Morgan fingerprint density at radius 2 is 1.54 bits per heavy atom. The van der Waals surface area contributed by atoms with E-state index < -0.39 is 0 Å². The Morgan fingerprint density at radius 3 is 1.77 bits per heavy atom. The van der Waals surface area contributed by atoms with Gasteiger partial charge in [-0.2, -0.15) is 0 Å². The quantitative estimate of drug-likeness (QED) is 0.444. The molecule has 0 bridgehead atoms. The fourth-order valence-electron chi connectivity index (χ4n) is 1.09. The lowest BCUT2D eigenvalue weighted by Gasteiger charge is -2.29. The zero-order valence-electron chi connectivity index (χ0n) is 8.74. The molecule has 0 saturated heterocycles. The summed E-state index contributed by atoms with van der Waals surface area (Å²) in [5, 5.41) is 0. The van der Waals surface area contributed by atoms with Gasteiger partial charge < -0.3 is 9.47 Å². The third kappa shape index (κ3) is 4.24. The van der Waals surface area contributed by atoms with Gasteiger partial charge in [-0.25, -0.2) is 0 Å². The van der Waals surface area contributed by atoms with E-state index in [2.05, 4.69) is 0 Å². The molecule has 0 aromatic heterocycles. The SMILES string of the molecule is CCOC(C)N([C]=O)C(C)OCC. The smallest absolute Gasteiger partial charge is 0.316 e. The lowest BCUT2D eigenvalue weighted by atomic mass is 10.5. The Kier molecular flexibility index (Phi) is 6.54. The molecule has 0 N–H and O–H groups in total. The van der Waals surface area contributed by atoms with Gasteiger partial charge in [-0.05, 0) is 27.7 Å². The molecular weight excluding hydrogens is 170 g/mol. The molecule has 0 spiro atoms. The van der Waals surface area contributed by atoms with Crippen molar-refractivity contribution in [2.45, 2.75) is 40.2 Å². The van der Waals surface area contributed by atoms with Crippen molar-refractivity contribution in [3.63, 3.8) is 0 Å². The van der Waals surface area contributed by atoms with E-state index in [9.17, 15) is 4.79 Å². The largest absolute Gasteiger partial charge is 0.359 e. The molecule has 4 heteroatoms. The van der Waals surface area contributed by atoms with Crippen molar-refractivity contribution in [3.8, 4) is 0 Å². The summed E-state index contributed by atoms with van der Waals surface area (Å²) in [5.74, 6) is 0. The van der Waals surface area contributed by atoms with Gasteiger partial charge in [0.25, 0.3) is 0 Å². The van der Waals surface area contributed by atoms with Crippen molar-refractivity contribution < 1.29 is 14.3 Å². The predicted molar refractivity (Wildman–Crippen MR) is 49.7 cm³/mol. The van der Waals surface area contributed by atoms with E-state index in [1.165, 1.54) is 4.90 Å². The highest BCUT2D eigenvalue weighted by molar-refractivity contribution is 5.48. The molecule has 1 radical (unpaired) electrons. The standard InChI is InChI=1S/C9H18NO3/c1-5-12-8(3)10(7-11)9(4)13-6-2/h8-9H,5-6H2,1-4H3. The third-order valence-electron chi connectivity index (χ3n) is 1.70. The van der Waals surface area contributed by atoms with Crippen LogP contribution in [0, 0.1) is 0 Å². The van der Waals surface area contributed by atoms with E-state index >= 15 is 0 Å². The molecule has 0 aliphatic rings. The summed E-state index contributed by atoms with van der Waals surface area (Å²) < 4.78 is 10.5. The molecule has 0 aliphatic heterocycles. The Balaban J connectivity index is 4.05. The van der Waals surface area contributed by atoms with Crippen LogP contribution in [0.3, 0.4) is 0 Å². The number of ether oxygens (including phenoxy) is 2. The van der Waals surface area contributed by atoms with Gasteiger partial charge in [-0.15, -0.1) is 0 Å². The maximum absolute atomic E-state index is 10.6. The van der Waals surface area contributed by atoms with Crippen LogP contribution >= 0.6 is 0 Å². The second kappa shape index (κ2) is 6.86. The highest BCUT2D eigenvalue weighted by Gasteiger charge is 2.18. The van der Waals surface area contributed by atoms with Crippen LogP contribution in [0.4, 0.5) is 0 Å². The number of carbonyl (C=O) groups excluding carboxylic acids is 1. The van der Waals surface area contributed by atoms with Gasteiger partial charge in [-0.3, -0.25) is 9.69 Å². The van der Waals surface area contributed by atoms with E-state index in [0.717, 1.165) is 0 Å². The summed E-state index contributed by atoms with van der Waals surface area (Å²) >= 11 is 0. The van der Waals surface area contributed by atoms with Crippen LogP contribution in [0.25, 0.3) is 0 Å². The van der Waals surface area contributed by atoms with E-state index in [1.54, 1.807) is 20.3 Å². The molecule has 0 rings (SSSR count). The summed E-state index contributed by atoms with van der Waals surface area (Å²) in [4.78, 5) is 12.0. The zero-order chi connectivity index (χ0) is 10.3. The molecule has 0 aromatic rings. The van der Waals surface area contributed by atoms with E-state index in [4.69, 9.17) is 9.47 Å². The lowest BCUT2D eigenvalue weighted by molar-refractivity contribution is -0.0989. The first-order valence-corrected chi connectivity index (χ1v) is 4.56. The molecule has 2 unspecified atom stereocenters. The van der Waals surface area contributed by atoms with Crippen LogP contribution in [0.1, 0.15) is 27.7 Å². The summed E-state index contributed by atoms with van der Waals surface area (Å²) in [5.41, 5.74) is 0. The van der Waals surface area contributed by atoms with E-state index in [1.807, 2.05) is 13.8 Å². The van der Waals surface area contributed by atoms with E-state index in [0.29, 0.717) is 13.2 Å². The van der Waals surface area contributed by atoms with Crippen LogP contribution in [0.2, 0.25) is 0 Å². The minimum atomic E-state index is -0.288. The van der Waals surface area contributed by atoms with Crippen LogP contribution in [-0.4, -0.2) is 37.0 Å². The van der Waals surface area contributed by atoms with Crippen LogP contribution in [-0.2, 0) is 14.3 Å². The fraction of sp³-hybridized carbons (Fsp3) is 0.889. The van der Waals surface area contributed by atoms with Gasteiger partial charge in [0.05, 0.1) is 0 Å². The average molecular weight is 188 g/mol. The number of hydrogen-bond acceptors (Lipinski definition) is 3. The zero-order valence-corrected chi connectivity index (χ0v) is 8.74. The number of rotatable bonds is 7. The maximum atomic E-state index is 10.6. The van der Waals surface area contributed by atoms with Crippen LogP contribution in [0.15, 0.2) is 0 Å². The molecule has 0 aromatic carbocycles. The minimum Gasteiger partial charge on any atom is -0.359 e. The van der Waals surface area contributed by atoms with Crippen molar-refractivity contribution in [1.82, 2.24) is 4.90 Å². The maximum Gasteiger partial charge on any atom is 0.316 e. The van der Waals surface area contributed by atoms with Crippen molar-refractivity contribution in [2.24, 2.45) is 0 Å². The highest BCUT2D eigenvalue weighted by Crippen LogP contribution is 2.05. The molecule has 0 saturated carbocycles. The normalized spacial score (nSPS) is 15.1. The minimum absolute atomic E-state index is 0.288. The van der Waals surface area contributed by atoms with Crippen molar-refractivity contribution in [2.75, 3.05) is 13.2 Å². The molecule has 0 aliphatic carbocycles. The van der Waals surface area contributed by atoms with Gasteiger partial charge in [0.15, 0.2) is 0 Å². The molecule has 0 heterocycles. The fourth-order valence-corrected chi connectivity index (χ4v) is 1.09. The van der Waals surface area contributed by atoms with E-state index in [-0.39, 0.29) is 12.5 Å². The Labute approximate surface area is 79.8 Å². The third-order valence-corrected chi connectivity index (χ3v) is 1.70. The lowest BCUT2D eigenvalue weighted by Crippen LogP contribution is -2.42. The molecule has 13 heavy (non-hydrogen) atoms. The molecule has 1 amide bonds. The molecular formula is C9H18NO3. The summed E-state index contributed by atoms with van der Waals surface area (Å²) in [6.45, 7) is 8.49. The highest BCUT2D eigenvalue weighted by atomic mass is 16.5. The first kappa shape index (κ1) is 12.4. The Hall–Kier alpha value is -0.610. The monoisotopic (exact) mass is 188 g/mol. The average Bonchev–Trinajstić information content (AvgIpc) is 2.06. The van der Waals surface area contributed by atoms with Gasteiger partial charge in [-0.1, -0.05) is 0 Å². The number of amides is 1. The summed E-state index contributed by atoms with van der Waals surface area (Å²) in [6.07, 6.45) is 1.23. The second-order valence-corrected chi connectivity index (χ2v) is 2.61. The second-order valence-electron chi connectivity index (χ2n) is 2.61. The molecule has 0 fully saturated rings. The van der Waals surface area contributed by atoms with Gasteiger partial charge in [0, 0.05) is 13.2 Å². The molecule has 2 atom stereocenters. The first-order chi connectivity index (χ1) is 6.17. The Morgan fingerprint density at radius 1 is 1.15 bits per heavy atom. The number of hydrogen-bond donors (Lipinski definition) is 0. The molecule has 4 nitrogen and oxygen atoms in total. The summed E-state index contributed by atoms with van der Waals surface area (Å²) in [6, 6.07) is 0. The van der Waals surface area contributed by atoms with Crippen molar-refractivity contribution in [1.29, 1.82) is 0 Å². The van der Waals surface area contributed by atoms with Crippen LogP contribution < -0.4 is 0 Å². The van der Waals surface area contributed by atoms with Gasteiger partial charge >= 0.3 is 6.41 Å². The Bertz CT molecular complexity index is 129. The van der Waals surface area contributed by atoms with Crippen LogP contribution in [0.5, 0.6) is 0 Å². The van der Waals surface area contributed by atoms with Crippen molar-refractivity contribution >= 4 is 6.41 Å². The van der Waals surface area contributed by atoms with Gasteiger partial charge in [0.1, 0.15) is 12.5 Å². The van der Waals surface area contributed by atoms with Gasteiger partial charge in [0.2, 0.25) is 0 Å². The number of nitrogens with zero attached hydrogens (tertiary/aromatic N) is 1. The first-order valence-electron chi connectivity index (χ1n) is 4.56.